The van der Waals surface area contributed by atoms with Gasteiger partial charge in [0.1, 0.15) is 0 Å². The minimum absolute atomic E-state index is 0.0921. The lowest BCUT2D eigenvalue weighted by molar-refractivity contribution is 0.543. The van der Waals surface area contributed by atoms with Crippen molar-refractivity contribution >= 4 is 25.9 Å². The number of thiol groups is 1. The highest BCUT2D eigenvalue weighted by atomic mass is 32.1. The molecule has 0 spiro atoms. The zero-order valence-electron chi connectivity index (χ0n) is 17.2. The van der Waals surface area contributed by atoms with Gasteiger partial charge in [-0.05, 0) is 33.6 Å². The zero-order valence-corrected chi connectivity index (χ0v) is 19.1. The van der Waals surface area contributed by atoms with Gasteiger partial charge in [0.15, 0.2) is 0 Å². The molecule has 0 aliphatic carbocycles. The van der Waals surface area contributed by atoms with Crippen molar-refractivity contribution in [2.24, 2.45) is 0 Å². The Morgan fingerprint density at radius 3 is 1.84 bits per heavy atom. The molecule has 2 aromatic rings. The molecule has 0 heterocycles. The first-order valence-electron chi connectivity index (χ1n) is 9.25. The average Bonchev–Trinajstić information content (AvgIpc) is 2.45. The lowest BCUT2D eigenvalue weighted by Gasteiger charge is -2.33. The third-order valence-corrected chi connectivity index (χ3v) is 8.64. The van der Waals surface area contributed by atoms with Crippen LogP contribution in [0.1, 0.15) is 58.2 Å². The van der Waals surface area contributed by atoms with Gasteiger partial charge in [0.25, 0.3) is 0 Å². The number of rotatable bonds is 3. The summed E-state index contributed by atoms with van der Waals surface area (Å²) in [6.45, 7) is 18.7. The van der Waals surface area contributed by atoms with Crippen LogP contribution in [-0.4, -0.2) is 8.07 Å². The van der Waals surface area contributed by atoms with Crippen molar-refractivity contribution in [3.8, 4) is 0 Å². The molecule has 0 unspecified atom stereocenters. The van der Waals surface area contributed by atoms with Crippen molar-refractivity contribution in [1.82, 2.24) is 0 Å². The van der Waals surface area contributed by atoms with E-state index in [4.69, 9.17) is 12.6 Å². The van der Waals surface area contributed by atoms with E-state index in [1.165, 1.54) is 26.8 Å². The van der Waals surface area contributed by atoms with Crippen molar-refractivity contribution in [2.45, 2.75) is 76.4 Å². The van der Waals surface area contributed by atoms with Gasteiger partial charge in [-0.2, -0.15) is 0 Å². The molecule has 136 valence electrons. The highest BCUT2D eigenvalue weighted by Crippen LogP contribution is 2.39. The van der Waals surface area contributed by atoms with E-state index in [0.29, 0.717) is 0 Å². The Balaban J connectivity index is 2.57. The van der Waals surface area contributed by atoms with Crippen LogP contribution in [0.5, 0.6) is 0 Å². The molecule has 0 bridgehead atoms. The molecule has 2 rings (SSSR count). The predicted molar refractivity (Wildman–Crippen MR) is 118 cm³/mol. The molecule has 0 aliphatic rings. The summed E-state index contributed by atoms with van der Waals surface area (Å²) in [4.78, 5) is 1.19. The maximum Gasteiger partial charge on any atom is 0.0849 e. The van der Waals surface area contributed by atoms with Gasteiger partial charge in [-0.3, -0.25) is 0 Å². The molecule has 0 amide bonds. The molecule has 0 fully saturated rings. The minimum Gasteiger partial charge on any atom is -0.143 e. The van der Waals surface area contributed by atoms with E-state index in [0.717, 1.165) is 6.04 Å². The van der Waals surface area contributed by atoms with Crippen molar-refractivity contribution in [1.29, 1.82) is 0 Å². The van der Waals surface area contributed by atoms with Crippen molar-refractivity contribution in [3.63, 3.8) is 0 Å². The van der Waals surface area contributed by atoms with Crippen LogP contribution in [0.25, 0.3) is 0 Å². The van der Waals surface area contributed by atoms with Crippen LogP contribution in [-0.2, 0) is 16.9 Å². The Morgan fingerprint density at radius 1 is 0.800 bits per heavy atom. The summed E-state index contributed by atoms with van der Waals surface area (Å²) in [6, 6.07) is 16.9. The molecule has 0 saturated heterocycles. The Labute approximate surface area is 161 Å². The van der Waals surface area contributed by atoms with Crippen LogP contribution in [0, 0.1) is 0 Å². The van der Waals surface area contributed by atoms with Gasteiger partial charge in [-0.1, -0.05) is 102 Å². The molecule has 0 aliphatic heterocycles. The second-order valence-corrected chi connectivity index (χ2v) is 15.1. The van der Waals surface area contributed by atoms with Crippen LogP contribution in [0.3, 0.4) is 0 Å². The van der Waals surface area contributed by atoms with Crippen molar-refractivity contribution < 1.29 is 0 Å². The molecule has 0 radical (unpaired) electrons. The molecule has 0 atom stereocenters. The van der Waals surface area contributed by atoms with E-state index in [1.54, 1.807) is 0 Å². The van der Waals surface area contributed by atoms with Gasteiger partial charge >= 0.3 is 0 Å². The summed E-state index contributed by atoms with van der Waals surface area (Å²) in [6.07, 6.45) is 0. The van der Waals surface area contributed by atoms with Crippen LogP contribution in [0.4, 0.5) is 0 Å². The fourth-order valence-electron chi connectivity index (χ4n) is 3.69. The van der Waals surface area contributed by atoms with E-state index < -0.39 is 8.07 Å². The normalized spacial score (nSPS) is 13.2. The molecule has 0 aromatic heterocycles. The lowest BCUT2D eigenvalue weighted by atomic mass is 9.78. The third-order valence-electron chi connectivity index (χ3n) is 5.01. The number of hydrogen-bond donors (Lipinski definition) is 1. The van der Waals surface area contributed by atoms with Crippen molar-refractivity contribution in [3.05, 3.63) is 59.2 Å². The van der Waals surface area contributed by atoms with Crippen LogP contribution in [0.15, 0.2) is 47.4 Å². The second kappa shape index (κ2) is 6.96. The van der Waals surface area contributed by atoms with E-state index in [2.05, 4.69) is 97.1 Å². The predicted octanol–water partition coefficient (Wildman–Crippen LogP) is 6.27. The monoisotopic (exact) mass is 370 g/mol. The van der Waals surface area contributed by atoms with Gasteiger partial charge in [0.2, 0.25) is 0 Å². The molecule has 2 heteroatoms. The topological polar surface area (TPSA) is 0 Å². The minimum atomic E-state index is -1.55. The Morgan fingerprint density at radius 2 is 1.36 bits per heavy atom. The van der Waals surface area contributed by atoms with E-state index in [-0.39, 0.29) is 10.8 Å². The summed E-state index contributed by atoms with van der Waals surface area (Å²) in [7, 11) is -1.55. The zero-order chi connectivity index (χ0) is 19.0. The standard InChI is InChI=1S/C23H34SSi/c1-22(2,3)19-15-14-17(20(21(19)24)23(4,5)6)16-25(7,8)18-12-10-9-11-13-18/h9-15,24H,16H2,1-8H3. The summed E-state index contributed by atoms with van der Waals surface area (Å²) >= 11 is 5.02. The largest absolute Gasteiger partial charge is 0.143 e. The summed E-state index contributed by atoms with van der Waals surface area (Å²) in [5.74, 6) is 0. The van der Waals surface area contributed by atoms with E-state index in [1.807, 2.05) is 0 Å². The number of benzene rings is 2. The Hall–Kier alpha value is -0.993. The quantitative estimate of drug-likeness (QED) is 0.478. The first-order valence-corrected chi connectivity index (χ1v) is 12.9. The van der Waals surface area contributed by atoms with Gasteiger partial charge < -0.3 is 0 Å². The second-order valence-electron chi connectivity index (χ2n) is 9.92. The first kappa shape index (κ1) is 20.3. The third kappa shape index (κ3) is 4.59. The summed E-state index contributed by atoms with van der Waals surface area (Å²) in [5, 5.41) is 1.52. The van der Waals surface area contributed by atoms with Gasteiger partial charge in [-0.25, -0.2) is 0 Å². The Bertz CT molecular complexity index is 731. The van der Waals surface area contributed by atoms with E-state index >= 15 is 0 Å². The number of hydrogen-bond acceptors (Lipinski definition) is 1. The smallest absolute Gasteiger partial charge is 0.0849 e. The van der Waals surface area contributed by atoms with Crippen LogP contribution in [0.2, 0.25) is 13.1 Å². The first-order chi connectivity index (χ1) is 11.3. The van der Waals surface area contributed by atoms with Gasteiger partial charge in [0, 0.05) is 4.90 Å². The summed E-state index contributed by atoms with van der Waals surface area (Å²) in [5.41, 5.74) is 4.46. The molecular formula is C23H34SSi. The lowest BCUT2D eigenvalue weighted by Crippen LogP contribution is -2.44. The fourth-order valence-corrected chi connectivity index (χ4v) is 7.12. The molecule has 0 nitrogen and oxygen atoms in total. The molecule has 0 N–H and O–H groups in total. The molecular weight excluding hydrogens is 336 g/mol. The average molecular weight is 371 g/mol. The maximum atomic E-state index is 5.02. The van der Waals surface area contributed by atoms with Crippen molar-refractivity contribution in [2.75, 3.05) is 0 Å². The van der Waals surface area contributed by atoms with Crippen LogP contribution < -0.4 is 5.19 Å². The maximum absolute atomic E-state index is 5.02. The highest BCUT2D eigenvalue weighted by molar-refractivity contribution is 7.80. The Kier molecular flexibility index (Phi) is 5.66. The molecule has 2 aromatic carbocycles. The highest BCUT2D eigenvalue weighted by Gasteiger charge is 2.30. The molecule has 25 heavy (non-hydrogen) atoms. The van der Waals surface area contributed by atoms with Gasteiger partial charge in [0.05, 0.1) is 8.07 Å². The van der Waals surface area contributed by atoms with Gasteiger partial charge in [-0.15, -0.1) is 12.6 Å². The molecule has 0 saturated carbocycles. The SMILES string of the molecule is CC(C)(C)c1ccc(C[Si](C)(C)c2ccccc2)c(C(C)(C)C)c1S. The summed E-state index contributed by atoms with van der Waals surface area (Å²) < 4.78 is 0. The van der Waals surface area contributed by atoms with Crippen LogP contribution >= 0.6 is 12.6 Å². The van der Waals surface area contributed by atoms with E-state index in [9.17, 15) is 0 Å². The fraction of sp³-hybridized carbons (Fsp3) is 0.478.